The zero-order valence-electron chi connectivity index (χ0n) is 24.7. The molecule has 0 fully saturated rings. The minimum Gasteiger partial charge on any atom is -0.481 e. The van der Waals surface area contributed by atoms with Crippen LogP contribution in [0.5, 0.6) is 0 Å². The molecule has 46 heavy (non-hydrogen) atoms. The number of nitrogens with one attached hydrogen (secondary N) is 5. The van der Waals surface area contributed by atoms with E-state index < -0.39 is 66.6 Å². The van der Waals surface area contributed by atoms with Gasteiger partial charge in [-0.25, -0.2) is 0 Å². The zero-order chi connectivity index (χ0) is 33.4. The highest BCUT2D eigenvalue weighted by Gasteiger charge is 2.29. The first-order valence-corrected chi connectivity index (χ1v) is 14.4. The molecule has 2 heterocycles. The number of carboxylic acid groups (broad SMARTS) is 1. The number of amides is 5. The molecule has 6 bridgehead atoms. The highest BCUT2D eigenvalue weighted by molar-refractivity contribution is 6.02. The summed E-state index contributed by atoms with van der Waals surface area (Å²) in [6, 6.07) is 8.27. The predicted octanol–water partition coefficient (Wildman–Crippen LogP) is -1.41. The lowest BCUT2D eigenvalue weighted by Crippen LogP contribution is -2.55. The van der Waals surface area contributed by atoms with Crippen molar-refractivity contribution in [3.05, 3.63) is 59.8 Å². The molecular formula is C30H35N9O7. The first-order chi connectivity index (χ1) is 21.9. The lowest BCUT2D eigenvalue weighted by atomic mass is 9.98. The van der Waals surface area contributed by atoms with Gasteiger partial charge >= 0.3 is 5.97 Å². The van der Waals surface area contributed by atoms with Crippen molar-refractivity contribution >= 4 is 52.4 Å². The Morgan fingerprint density at radius 1 is 0.913 bits per heavy atom. The molecule has 0 unspecified atom stereocenters. The van der Waals surface area contributed by atoms with E-state index in [1.54, 1.807) is 30.5 Å². The maximum atomic E-state index is 13.4. The molecule has 3 aromatic rings. The number of fused-ring (bicyclic) bond motifs is 3. The van der Waals surface area contributed by atoms with Crippen LogP contribution in [0.1, 0.15) is 35.2 Å². The number of carbonyl (C=O) groups excluding carboxylic acids is 5. The lowest BCUT2D eigenvalue weighted by molar-refractivity contribution is -0.141. The van der Waals surface area contributed by atoms with Crippen molar-refractivity contribution in [2.24, 2.45) is 22.2 Å². The van der Waals surface area contributed by atoms with Crippen LogP contribution in [-0.4, -0.2) is 82.8 Å². The average Bonchev–Trinajstić information content (AvgIpc) is 3.42. The summed E-state index contributed by atoms with van der Waals surface area (Å²) < 4.78 is 0. The summed E-state index contributed by atoms with van der Waals surface area (Å²) in [6.07, 6.45) is 1.23. The molecule has 12 N–H and O–H groups in total. The third kappa shape index (κ3) is 8.37. The SMILES string of the molecule is NC(=O)[C@@H]1Cc2c[nH]c3c(cccc23)-c2cccc(c2)C(=O)N[C@@H](CCCN=C(N)N)C(=O)NCC(=O)N[C@@H](CC(=O)O)C(=O)N1. The van der Waals surface area contributed by atoms with Gasteiger partial charge in [-0.3, -0.25) is 33.8 Å². The summed E-state index contributed by atoms with van der Waals surface area (Å²) in [7, 11) is 0. The molecule has 5 amide bonds. The van der Waals surface area contributed by atoms with E-state index in [4.69, 9.17) is 17.2 Å². The Kier molecular flexibility index (Phi) is 10.5. The van der Waals surface area contributed by atoms with Crippen LogP contribution in [-0.2, 0) is 30.4 Å². The van der Waals surface area contributed by atoms with Crippen LogP contribution in [0.2, 0.25) is 0 Å². The molecular weight excluding hydrogens is 598 g/mol. The highest BCUT2D eigenvalue weighted by atomic mass is 16.4. The molecule has 1 aliphatic heterocycles. The van der Waals surface area contributed by atoms with Crippen molar-refractivity contribution in [2.75, 3.05) is 13.1 Å². The monoisotopic (exact) mass is 633 g/mol. The number of aromatic amines is 1. The fraction of sp³-hybridized carbons (Fsp3) is 0.300. The first kappa shape index (κ1) is 33.0. The quantitative estimate of drug-likeness (QED) is 0.0838. The van der Waals surface area contributed by atoms with Crippen LogP contribution >= 0.6 is 0 Å². The van der Waals surface area contributed by atoms with Crippen molar-refractivity contribution < 1.29 is 33.9 Å². The molecule has 0 aliphatic carbocycles. The number of guanidine groups is 1. The molecule has 1 aromatic heterocycles. The van der Waals surface area contributed by atoms with Crippen molar-refractivity contribution in [3.63, 3.8) is 0 Å². The van der Waals surface area contributed by atoms with E-state index in [0.717, 1.165) is 10.9 Å². The van der Waals surface area contributed by atoms with Crippen molar-refractivity contribution in [1.82, 2.24) is 26.3 Å². The van der Waals surface area contributed by atoms with Gasteiger partial charge in [-0.15, -0.1) is 0 Å². The number of benzene rings is 2. The van der Waals surface area contributed by atoms with Crippen molar-refractivity contribution in [3.8, 4) is 11.1 Å². The van der Waals surface area contributed by atoms with Crippen LogP contribution < -0.4 is 38.5 Å². The molecule has 242 valence electrons. The van der Waals surface area contributed by atoms with Crippen LogP contribution in [0.4, 0.5) is 0 Å². The number of primary amides is 1. The number of nitrogens with two attached hydrogens (primary N) is 3. The number of nitrogens with zero attached hydrogens (tertiary/aromatic N) is 1. The lowest BCUT2D eigenvalue weighted by Gasteiger charge is -2.22. The van der Waals surface area contributed by atoms with E-state index in [1.165, 1.54) is 0 Å². The Morgan fingerprint density at radius 2 is 1.65 bits per heavy atom. The highest BCUT2D eigenvalue weighted by Crippen LogP contribution is 2.31. The number of H-pyrrole nitrogens is 1. The summed E-state index contributed by atoms with van der Waals surface area (Å²) in [5.74, 6) is -5.52. The molecule has 16 nitrogen and oxygen atoms in total. The number of hydrogen-bond acceptors (Lipinski definition) is 7. The minimum absolute atomic E-state index is 0.0403. The summed E-state index contributed by atoms with van der Waals surface area (Å²) in [4.78, 5) is 83.4. The van der Waals surface area contributed by atoms with Gasteiger partial charge < -0.3 is 48.6 Å². The Hall–Kier alpha value is -5.93. The summed E-state index contributed by atoms with van der Waals surface area (Å²) in [6.45, 7) is -0.467. The Balaban J connectivity index is 1.74. The predicted molar refractivity (Wildman–Crippen MR) is 167 cm³/mol. The van der Waals surface area contributed by atoms with Gasteiger partial charge in [0.05, 0.1) is 18.5 Å². The Morgan fingerprint density at radius 3 is 2.37 bits per heavy atom. The van der Waals surface area contributed by atoms with Crippen LogP contribution in [0, 0.1) is 0 Å². The average molecular weight is 634 g/mol. The van der Waals surface area contributed by atoms with Gasteiger partial charge in [0.1, 0.15) is 18.1 Å². The van der Waals surface area contributed by atoms with Crippen LogP contribution in [0.3, 0.4) is 0 Å². The fourth-order valence-electron chi connectivity index (χ4n) is 5.10. The first-order valence-electron chi connectivity index (χ1n) is 14.4. The largest absolute Gasteiger partial charge is 0.481 e. The smallest absolute Gasteiger partial charge is 0.305 e. The molecule has 2 aromatic carbocycles. The van der Waals surface area contributed by atoms with E-state index in [9.17, 15) is 33.9 Å². The topological polar surface area (TPSA) is 277 Å². The molecule has 0 spiro atoms. The number of rotatable bonds is 7. The van der Waals surface area contributed by atoms with Gasteiger partial charge in [-0.1, -0.05) is 30.3 Å². The fourth-order valence-corrected chi connectivity index (χ4v) is 5.10. The maximum absolute atomic E-state index is 13.4. The van der Waals surface area contributed by atoms with E-state index in [2.05, 4.69) is 31.2 Å². The van der Waals surface area contributed by atoms with Gasteiger partial charge in [0, 0.05) is 35.7 Å². The van der Waals surface area contributed by atoms with Gasteiger partial charge in [0.2, 0.25) is 23.6 Å². The normalized spacial score (nSPS) is 19.3. The minimum atomic E-state index is -1.59. The number of carboxylic acids is 1. The van der Waals surface area contributed by atoms with Gasteiger partial charge in [0.15, 0.2) is 5.96 Å². The molecule has 0 saturated heterocycles. The Labute approximate surface area is 262 Å². The zero-order valence-corrected chi connectivity index (χ0v) is 24.7. The standard InChI is InChI=1S/C30H35N9O7/c31-26(43)21-11-17-13-35-25-18(6-2-7-19(17)25)15-4-1-5-16(10-15)27(44)38-20(8-3-9-34-30(32)33)28(45)36-14-23(40)37-22(12-24(41)42)29(46)39-21/h1-2,4-7,10,13,20-22,35H,3,8-9,11-12,14H2,(H2,31,43)(H,36,45)(H,37,40)(H,38,44)(H,39,46)(H,41,42)(H4,32,33,34)/t20-,21-,22-/m0/s1. The van der Waals surface area contributed by atoms with E-state index in [-0.39, 0.29) is 30.9 Å². The number of hydrogen-bond donors (Lipinski definition) is 9. The molecule has 0 saturated carbocycles. The number of aromatic nitrogens is 1. The second kappa shape index (κ2) is 14.7. The van der Waals surface area contributed by atoms with Gasteiger partial charge in [-0.05, 0) is 36.1 Å². The summed E-state index contributed by atoms with van der Waals surface area (Å²) >= 11 is 0. The second-order valence-electron chi connectivity index (χ2n) is 10.7. The van der Waals surface area contributed by atoms with E-state index >= 15 is 0 Å². The number of aliphatic carboxylic acids is 1. The molecule has 16 heteroatoms. The van der Waals surface area contributed by atoms with E-state index in [0.29, 0.717) is 23.1 Å². The van der Waals surface area contributed by atoms with E-state index in [1.807, 2.05) is 18.2 Å². The molecule has 0 radical (unpaired) electrons. The number of para-hydroxylation sites is 1. The molecule has 3 atom stereocenters. The van der Waals surface area contributed by atoms with Gasteiger partial charge in [0.25, 0.3) is 5.91 Å². The third-order valence-corrected chi connectivity index (χ3v) is 7.34. The third-order valence-electron chi connectivity index (χ3n) is 7.34. The maximum Gasteiger partial charge on any atom is 0.305 e. The number of carbonyl (C=O) groups is 6. The molecule has 4 rings (SSSR count). The molecule has 1 aliphatic rings. The van der Waals surface area contributed by atoms with Crippen LogP contribution in [0.15, 0.2) is 53.7 Å². The van der Waals surface area contributed by atoms with Gasteiger partial charge in [-0.2, -0.15) is 0 Å². The Bertz CT molecular complexity index is 1700. The van der Waals surface area contributed by atoms with Crippen LogP contribution in [0.25, 0.3) is 22.0 Å². The summed E-state index contributed by atoms with van der Waals surface area (Å²) in [5.41, 5.74) is 19.4. The number of aliphatic imine (C=N–C) groups is 1. The van der Waals surface area contributed by atoms with Crippen molar-refractivity contribution in [1.29, 1.82) is 0 Å². The second-order valence-corrected chi connectivity index (χ2v) is 10.7. The van der Waals surface area contributed by atoms with Crippen molar-refractivity contribution in [2.45, 2.75) is 43.8 Å². The summed E-state index contributed by atoms with van der Waals surface area (Å²) in [5, 5.41) is 19.9.